The van der Waals surface area contributed by atoms with Gasteiger partial charge in [-0.25, -0.2) is 0 Å². The molecule has 56 heavy (non-hydrogen) atoms. The second-order valence-electron chi connectivity index (χ2n) is 15.7. The first-order chi connectivity index (χ1) is 27.0. The number of ether oxygens (including phenoxy) is 4. The molecule has 0 aliphatic carbocycles. The van der Waals surface area contributed by atoms with E-state index in [1.807, 2.05) is 0 Å². The maximum Gasteiger partial charge on any atom is 0.306 e. The minimum Gasteiger partial charge on any atom is -0.462 e. The average Bonchev–Trinajstić information content (AvgIpc) is 3.16. The Labute approximate surface area is 339 Å². The number of rotatable bonds is 37. The molecule has 0 aromatic carbocycles. The number of hydrogen-bond acceptors (Lipinski definition) is 11. The molecule has 0 radical (unpaired) electrons. The van der Waals surface area contributed by atoms with Crippen molar-refractivity contribution in [2.75, 3.05) is 19.0 Å². The molecule has 6 atom stereocenters. The molecule has 1 saturated heterocycles. The summed E-state index contributed by atoms with van der Waals surface area (Å²) in [6, 6.07) is 0. The van der Waals surface area contributed by atoms with Crippen molar-refractivity contribution in [3.63, 3.8) is 0 Å². The number of unbranched alkanes of at least 4 members (excludes halogenated alkanes) is 23. The van der Waals surface area contributed by atoms with E-state index in [-0.39, 0.29) is 19.4 Å². The molecule has 1 aliphatic heterocycles. The second kappa shape index (κ2) is 34.3. The fraction of sp³-hybridized carbons (Fsp3) is 0.907. The largest absolute Gasteiger partial charge is 0.462 e. The lowest BCUT2D eigenvalue weighted by Gasteiger charge is -2.40. The Kier molecular flexibility index (Phi) is 32.1. The van der Waals surface area contributed by atoms with Gasteiger partial charge < -0.3 is 34.3 Å². The summed E-state index contributed by atoms with van der Waals surface area (Å²) in [7, 11) is -4.60. The lowest BCUT2D eigenvalue weighted by atomic mass is 10.00. The number of carbonyl (C=O) groups excluding carboxylic acids is 2. The Balaban J connectivity index is 2.44. The molecule has 0 spiro atoms. The molecule has 0 bridgehead atoms. The van der Waals surface area contributed by atoms with Crippen LogP contribution < -0.4 is 0 Å². The van der Waals surface area contributed by atoms with Crippen LogP contribution in [0.1, 0.15) is 194 Å². The molecular weight excluding hydrogens is 741 g/mol. The smallest absolute Gasteiger partial charge is 0.306 e. The van der Waals surface area contributed by atoms with Gasteiger partial charge in [-0.15, -0.1) is 0 Å². The Bertz CT molecular complexity index is 1100. The lowest BCUT2D eigenvalue weighted by molar-refractivity contribution is -0.297. The summed E-state index contributed by atoms with van der Waals surface area (Å²) in [5.74, 6) is -1.98. The van der Waals surface area contributed by atoms with E-state index in [1.54, 1.807) is 0 Å². The van der Waals surface area contributed by atoms with Gasteiger partial charge in [0.05, 0.1) is 6.61 Å². The van der Waals surface area contributed by atoms with Crippen LogP contribution in [0.15, 0.2) is 12.2 Å². The van der Waals surface area contributed by atoms with Crippen molar-refractivity contribution in [1.29, 1.82) is 0 Å². The molecule has 1 rings (SSSR count). The molecule has 1 aliphatic rings. The average molecular weight is 821 g/mol. The topological polar surface area (TPSA) is 186 Å². The molecule has 0 aromatic heterocycles. The summed E-state index contributed by atoms with van der Waals surface area (Å²) in [5.41, 5.74) is 0. The van der Waals surface area contributed by atoms with Crippen LogP contribution in [0.5, 0.6) is 0 Å². The van der Waals surface area contributed by atoms with Crippen LogP contribution in [0, 0.1) is 0 Å². The fourth-order valence-corrected chi connectivity index (χ4v) is 7.54. The first kappa shape index (κ1) is 52.4. The minimum absolute atomic E-state index is 0.158. The fourth-order valence-electron chi connectivity index (χ4n) is 6.85. The zero-order chi connectivity index (χ0) is 41.3. The zero-order valence-electron chi connectivity index (χ0n) is 35.0. The van der Waals surface area contributed by atoms with Gasteiger partial charge in [0, 0.05) is 12.8 Å². The first-order valence-corrected chi connectivity index (χ1v) is 23.9. The molecule has 6 unspecified atom stereocenters. The third-order valence-electron chi connectivity index (χ3n) is 10.3. The van der Waals surface area contributed by atoms with Crippen LogP contribution in [-0.2, 0) is 38.7 Å². The predicted molar refractivity (Wildman–Crippen MR) is 220 cm³/mol. The molecule has 1 fully saturated rings. The number of hydrogen-bond donors (Lipinski definition) is 4. The molecule has 330 valence electrons. The summed E-state index contributed by atoms with van der Waals surface area (Å²) in [6.07, 6.45) is 25.5. The summed E-state index contributed by atoms with van der Waals surface area (Å²) in [4.78, 5) is 25.3. The predicted octanol–water partition coefficient (Wildman–Crippen LogP) is 8.67. The molecule has 0 saturated carbocycles. The molecule has 1 heterocycles. The number of aliphatic hydroxyl groups excluding tert-OH is 3. The molecule has 0 amide bonds. The molecule has 12 nitrogen and oxygen atoms in total. The number of aliphatic hydroxyl groups is 3. The van der Waals surface area contributed by atoms with E-state index < -0.39 is 71.2 Å². The van der Waals surface area contributed by atoms with E-state index in [2.05, 4.69) is 26.0 Å². The van der Waals surface area contributed by atoms with Crippen LogP contribution in [-0.4, -0.2) is 96.0 Å². The van der Waals surface area contributed by atoms with Crippen LogP contribution in [0.25, 0.3) is 0 Å². The van der Waals surface area contributed by atoms with Crippen molar-refractivity contribution >= 4 is 22.1 Å². The van der Waals surface area contributed by atoms with E-state index in [0.717, 1.165) is 57.8 Å². The SMILES string of the molecule is CCCCC/C=C\CCCCCCCC(=O)OC(COC(=O)CCCCCCCCCCCCCCCCCC)COC1OC(CS(=O)(=O)O)C(O)C(O)C1O. The van der Waals surface area contributed by atoms with Gasteiger partial charge in [-0.05, 0) is 38.5 Å². The Hall–Kier alpha value is -1.61. The van der Waals surface area contributed by atoms with E-state index in [1.165, 1.54) is 96.3 Å². The Morgan fingerprint density at radius 3 is 1.52 bits per heavy atom. The number of allylic oxidation sites excluding steroid dienone is 2. The Morgan fingerprint density at radius 2 is 1.02 bits per heavy atom. The maximum atomic E-state index is 12.8. The summed E-state index contributed by atoms with van der Waals surface area (Å²) >= 11 is 0. The second-order valence-corrected chi connectivity index (χ2v) is 17.2. The monoisotopic (exact) mass is 821 g/mol. The maximum absolute atomic E-state index is 12.8. The summed E-state index contributed by atoms with van der Waals surface area (Å²) in [6.45, 7) is 3.73. The van der Waals surface area contributed by atoms with Crippen molar-refractivity contribution in [2.24, 2.45) is 0 Å². The number of carbonyl (C=O) groups is 2. The van der Waals surface area contributed by atoms with Crippen LogP contribution in [0.3, 0.4) is 0 Å². The molecule has 4 N–H and O–H groups in total. The molecular formula is C43H80O12S. The highest BCUT2D eigenvalue weighted by Crippen LogP contribution is 2.24. The van der Waals surface area contributed by atoms with Gasteiger partial charge in [-0.3, -0.25) is 14.1 Å². The van der Waals surface area contributed by atoms with E-state index in [9.17, 15) is 37.9 Å². The highest BCUT2D eigenvalue weighted by molar-refractivity contribution is 7.85. The van der Waals surface area contributed by atoms with Crippen molar-refractivity contribution in [3.8, 4) is 0 Å². The quantitative estimate of drug-likeness (QED) is 0.0203. The van der Waals surface area contributed by atoms with Gasteiger partial charge in [0.2, 0.25) is 0 Å². The van der Waals surface area contributed by atoms with Crippen molar-refractivity contribution in [2.45, 2.75) is 230 Å². The minimum atomic E-state index is -4.60. The first-order valence-electron chi connectivity index (χ1n) is 22.2. The van der Waals surface area contributed by atoms with E-state index in [4.69, 9.17) is 18.9 Å². The van der Waals surface area contributed by atoms with Gasteiger partial charge in [0.25, 0.3) is 10.1 Å². The third-order valence-corrected chi connectivity index (χ3v) is 11.1. The van der Waals surface area contributed by atoms with Crippen LogP contribution in [0.2, 0.25) is 0 Å². The zero-order valence-corrected chi connectivity index (χ0v) is 35.8. The molecule has 0 aromatic rings. The van der Waals surface area contributed by atoms with Crippen LogP contribution in [0.4, 0.5) is 0 Å². The highest BCUT2D eigenvalue weighted by atomic mass is 32.2. The van der Waals surface area contributed by atoms with Crippen LogP contribution >= 0.6 is 0 Å². The van der Waals surface area contributed by atoms with Crippen molar-refractivity contribution < 1.29 is 56.8 Å². The highest BCUT2D eigenvalue weighted by Gasteiger charge is 2.46. The Morgan fingerprint density at radius 1 is 0.589 bits per heavy atom. The normalized spacial score (nSPS) is 20.7. The van der Waals surface area contributed by atoms with Crippen molar-refractivity contribution in [1.82, 2.24) is 0 Å². The van der Waals surface area contributed by atoms with Gasteiger partial charge >= 0.3 is 11.9 Å². The molecule has 13 heteroatoms. The summed E-state index contributed by atoms with van der Waals surface area (Å²) in [5, 5.41) is 30.8. The van der Waals surface area contributed by atoms with Crippen molar-refractivity contribution in [3.05, 3.63) is 12.2 Å². The number of esters is 2. The van der Waals surface area contributed by atoms with Gasteiger partial charge in [-0.1, -0.05) is 154 Å². The summed E-state index contributed by atoms with van der Waals surface area (Å²) < 4.78 is 54.0. The lowest BCUT2D eigenvalue weighted by Crippen LogP contribution is -2.60. The third kappa shape index (κ3) is 28.7. The van der Waals surface area contributed by atoms with Gasteiger partial charge in [0.15, 0.2) is 12.4 Å². The van der Waals surface area contributed by atoms with E-state index in [0.29, 0.717) is 12.8 Å². The van der Waals surface area contributed by atoms with E-state index >= 15 is 0 Å². The standard InChI is InChI=1S/C43H80O12S/c1-3-5-7-9-11-13-15-17-18-19-20-22-23-25-27-29-31-38(44)52-33-36(34-53-43-42(48)41(47)40(46)37(55-43)35-56(49,50)51)54-39(45)32-30-28-26-24-21-16-14-12-10-8-6-4-2/h12,14,36-37,40-43,46-48H,3-11,13,15-35H2,1-2H3,(H,49,50,51)/b14-12-. The van der Waals surface area contributed by atoms with Gasteiger partial charge in [0.1, 0.15) is 36.8 Å². The van der Waals surface area contributed by atoms with Gasteiger partial charge in [-0.2, -0.15) is 8.42 Å².